The van der Waals surface area contributed by atoms with Crippen LogP contribution in [0.1, 0.15) is 11.1 Å². The van der Waals surface area contributed by atoms with Crippen LogP contribution in [0.3, 0.4) is 0 Å². The maximum absolute atomic E-state index is 11.5. The van der Waals surface area contributed by atoms with Crippen molar-refractivity contribution in [1.82, 2.24) is 29.9 Å². The molecule has 6 rings (SSSR count). The maximum Gasteiger partial charge on any atom is 0.294 e. The summed E-state index contributed by atoms with van der Waals surface area (Å²) < 4.78 is 32.3. The molecule has 9 N–H and O–H groups in total. The largest absolute Gasteiger partial charge is 0.395 e. The van der Waals surface area contributed by atoms with Gasteiger partial charge in [0, 0.05) is 48.9 Å². The Morgan fingerprint density at radius 3 is 1.08 bits per heavy atom. The highest BCUT2D eigenvalue weighted by Gasteiger charge is 2.16. The molecule has 0 saturated carbocycles. The Balaban J connectivity index is 1.14. The van der Waals surface area contributed by atoms with E-state index in [0.29, 0.717) is 23.3 Å². The van der Waals surface area contributed by atoms with Crippen LogP contribution in [-0.4, -0.2) is 116 Å². The topological polar surface area (TPSA) is 267 Å². The van der Waals surface area contributed by atoms with Gasteiger partial charge >= 0.3 is 0 Å². The summed E-state index contributed by atoms with van der Waals surface area (Å²) in [4.78, 5) is 30.0. The van der Waals surface area contributed by atoms with Gasteiger partial charge in [-0.05, 0) is 71.8 Å². The number of hydrogen-bond acceptors (Lipinski definition) is 18. The molecule has 312 valence electrons. The molecule has 19 nitrogen and oxygen atoms in total. The lowest BCUT2D eigenvalue weighted by Gasteiger charge is -2.21. The summed E-state index contributed by atoms with van der Waals surface area (Å²) in [7, 11) is -4.37. The summed E-state index contributed by atoms with van der Waals surface area (Å²) in [6, 6.07) is 30.0. The smallest absolute Gasteiger partial charge is 0.294 e. The number of para-hydroxylation sites is 1. The van der Waals surface area contributed by atoms with Crippen LogP contribution in [0.2, 0.25) is 0 Å². The Kier molecular flexibility index (Phi) is 14.8. The summed E-state index contributed by atoms with van der Waals surface area (Å²) >= 11 is 0. The molecule has 0 unspecified atom stereocenters. The van der Waals surface area contributed by atoms with Gasteiger partial charge in [0.25, 0.3) is 10.1 Å². The molecular weight excluding hydrogens is 793 g/mol. The van der Waals surface area contributed by atoms with Crippen molar-refractivity contribution in [2.45, 2.75) is 4.90 Å². The first-order chi connectivity index (χ1) is 29.1. The van der Waals surface area contributed by atoms with Crippen LogP contribution in [0, 0.1) is 0 Å². The second-order valence-corrected chi connectivity index (χ2v) is 14.3. The maximum atomic E-state index is 11.5. The lowest BCUT2D eigenvalue weighted by molar-refractivity contribution is 0.279. The summed E-state index contributed by atoms with van der Waals surface area (Å²) in [6.07, 6.45) is 3.92. The normalized spacial score (nSPS) is 11.3. The number of aliphatic hydroxyl groups is 4. The number of nitrogens with zero attached hydrogens (tertiary/aromatic N) is 8. The minimum Gasteiger partial charge on any atom is -0.395 e. The van der Waals surface area contributed by atoms with E-state index in [1.165, 1.54) is 24.3 Å². The molecular formula is C40H44N12O7S. The average Bonchev–Trinajstić information content (AvgIpc) is 3.24. The molecule has 0 spiro atoms. The molecule has 0 fully saturated rings. The van der Waals surface area contributed by atoms with Crippen molar-refractivity contribution in [1.29, 1.82) is 0 Å². The van der Waals surface area contributed by atoms with Gasteiger partial charge in [-0.25, -0.2) is 0 Å². The Morgan fingerprint density at radius 2 is 0.767 bits per heavy atom. The van der Waals surface area contributed by atoms with E-state index in [4.69, 9.17) is 0 Å². The van der Waals surface area contributed by atoms with Crippen molar-refractivity contribution in [3.8, 4) is 0 Å². The fourth-order valence-corrected chi connectivity index (χ4v) is 6.12. The Morgan fingerprint density at radius 1 is 0.450 bits per heavy atom. The molecule has 0 aliphatic rings. The molecule has 60 heavy (non-hydrogen) atoms. The van der Waals surface area contributed by atoms with Crippen LogP contribution >= 0.6 is 0 Å². The van der Waals surface area contributed by atoms with E-state index in [1.54, 1.807) is 9.80 Å². The third kappa shape index (κ3) is 12.3. The minimum atomic E-state index is -4.37. The molecule has 0 bridgehead atoms. The van der Waals surface area contributed by atoms with E-state index < -0.39 is 10.1 Å². The Hall–Kier alpha value is -6.81. The first kappa shape index (κ1) is 42.8. The van der Waals surface area contributed by atoms with Gasteiger partial charge in [0.1, 0.15) is 0 Å². The minimum absolute atomic E-state index is 0.106. The molecule has 0 atom stereocenters. The molecule has 20 heteroatoms. The highest BCUT2D eigenvalue weighted by molar-refractivity contribution is 7.85. The van der Waals surface area contributed by atoms with Crippen LogP contribution < -0.4 is 31.1 Å². The van der Waals surface area contributed by atoms with E-state index >= 15 is 0 Å². The van der Waals surface area contributed by atoms with Crippen molar-refractivity contribution in [3.05, 3.63) is 114 Å². The van der Waals surface area contributed by atoms with Crippen molar-refractivity contribution < 1.29 is 33.4 Å². The SMILES string of the molecule is O=S(=O)(O)c1ccc(Nc2nc(Nc3ccc(/C=C/c4ccc(Nc5nc(Nc6ccccc6)nc(N(CCO)CCO)n5)cc4)cc3)nc(N(CCO)CCO)n2)cc1. The molecule has 0 amide bonds. The van der Waals surface area contributed by atoms with Crippen LogP contribution in [0.25, 0.3) is 12.2 Å². The molecule has 6 aromatic rings. The van der Waals surface area contributed by atoms with E-state index in [1.807, 2.05) is 91.0 Å². The van der Waals surface area contributed by atoms with Crippen LogP contribution in [-0.2, 0) is 10.1 Å². The predicted molar refractivity (Wildman–Crippen MR) is 230 cm³/mol. The average molecular weight is 837 g/mol. The van der Waals surface area contributed by atoms with E-state index in [0.717, 1.165) is 22.5 Å². The van der Waals surface area contributed by atoms with Crippen LogP contribution in [0.4, 0.5) is 58.4 Å². The molecule has 0 radical (unpaired) electrons. The summed E-state index contributed by atoms with van der Waals surface area (Å²) in [5.41, 5.74) is 4.46. The third-order valence-electron chi connectivity index (χ3n) is 8.53. The van der Waals surface area contributed by atoms with E-state index in [9.17, 15) is 33.4 Å². The van der Waals surface area contributed by atoms with Gasteiger partial charge in [-0.1, -0.05) is 54.6 Å². The molecule has 0 aliphatic carbocycles. The molecule has 0 aliphatic heterocycles. The van der Waals surface area contributed by atoms with Gasteiger partial charge in [-0.2, -0.15) is 38.3 Å². The van der Waals surface area contributed by atoms with Crippen molar-refractivity contribution in [2.24, 2.45) is 0 Å². The first-order valence-corrected chi connectivity index (χ1v) is 20.1. The summed E-state index contributed by atoms with van der Waals surface area (Å²) in [5, 5.41) is 51.0. The van der Waals surface area contributed by atoms with Gasteiger partial charge in [-0.15, -0.1) is 0 Å². The van der Waals surface area contributed by atoms with Gasteiger partial charge in [-0.3, -0.25) is 4.55 Å². The zero-order valence-corrected chi connectivity index (χ0v) is 33.0. The second kappa shape index (κ2) is 20.7. The monoisotopic (exact) mass is 836 g/mol. The second-order valence-electron chi connectivity index (χ2n) is 12.9. The van der Waals surface area contributed by atoms with Crippen LogP contribution in [0.5, 0.6) is 0 Å². The number of aromatic nitrogens is 6. The predicted octanol–water partition coefficient (Wildman–Crippen LogP) is 4.03. The zero-order chi connectivity index (χ0) is 42.3. The number of rotatable bonds is 21. The van der Waals surface area contributed by atoms with Crippen molar-refractivity contribution in [3.63, 3.8) is 0 Å². The Labute approximate surface area is 346 Å². The number of aliphatic hydroxyl groups excluding tert-OH is 4. The lowest BCUT2D eigenvalue weighted by atomic mass is 10.1. The lowest BCUT2D eigenvalue weighted by Crippen LogP contribution is -2.31. The standard InChI is InChI=1S/C40H44N12O7S/c53-24-20-51(21-25-54)39-47-35(41-30-4-2-1-3-5-30)45-36(48-39)42-31-12-8-28(9-13-31)6-7-29-10-14-32(15-11-29)43-37-46-38(50-40(49-37)52(22-26-55)23-27-56)44-33-16-18-34(19-17-33)60(57,58)59/h1-19,53-56H,20-27H2,(H,57,58,59)(H2,41,42,45,47,48)(H2,43,44,46,49,50)/b7-6+. The molecule has 2 aromatic heterocycles. The number of benzene rings is 4. The van der Waals surface area contributed by atoms with Crippen LogP contribution in [0.15, 0.2) is 108 Å². The van der Waals surface area contributed by atoms with Crippen molar-refractivity contribution in [2.75, 3.05) is 83.7 Å². The fraction of sp³-hybridized carbons (Fsp3) is 0.200. The zero-order valence-electron chi connectivity index (χ0n) is 32.2. The number of anilines is 10. The van der Waals surface area contributed by atoms with E-state index in [-0.39, 0.29) is 81.3 Å². The first-order valence-electron chi connectivity index (χ1n) is 18.7. The molecule has 2 heterocycles. The third-order valence-corrected chi connectivity index (χ3v) is 9.40. The highest BCUT2D eigenvalue weighted by Crippen LogP contribution is 2.24. The van der Waals surface area contributed by atoms with E-state index in [2.05, 4.69) is 51.2 Å². The Bertz CT molecular complexity index is 2420. The number of nitrogens with one attached hydrogen (secondary N) is 4. The molecule has 0 saturated heterocycles. The van der Waals surface area contributed by atoms with Gasteiger partial charge in [0.2, 0.25) is 35.7 Å². The van der Waals surface area contributed by atoms with Gasteiger partial charge in [0.05, 0.1) is 31.3 Å². The van der Waals surface area contributed by atoms with Gasteiger partial charge in [0.15, 0.2) is 0 Å². The van der Waals surface area contributed by atoms with Crippen molar-refractivity contribution >= 4 is 80.7 Å². The summed E-state index contributed by atoms with van der Waals surface area (Å²) in [6.45, 7) is 0.0539. The number of hydrogen-bond donors (Lipinski definition) is 9. The fourth-order valence-electron chi connectivity index (χ4n) is 5.64. The quantitative estimate of drug-likeness (QED) is 0.0366. The highest BCUT2D eigenvalue weighted by atomic mass is 32.2. The summed E-state index contributed by atoms with van der Waals surface area (Å²) in [5.74, 6) is 1.31. The molecule has 4 aromatic carbocycles. The van der Waals surface area contributed by atoms with Gasteiger partial charge < -0.3 is 51.5 Å².